The van der Waals surface area contributed by atoms with Crippen molar-refractivity contribution in [1.29, 1.82) is 0 Å². The fourth-order valence-electron chi connectivity index (χ4n) is 3.54. The van der Waals surface area contributed by atoms with Crippen LogP contribution in [0.3, 0.4) is 0 Å². The summed E-state index contributed by atoms with van der Waals surface area (Å²) in [5, 5.41) is 0. The Labute approximate surface area is 162 Å². The zero-order valence-corrected chi connectivity index (χ0v) is 16.1. The lowest BCUT2D eigenvalue weighted by molar-refractivity contribution is -0.134. The van der Waals surface area contributed by atoms with Crippen LogP contribution in [0.5, 0.6) is 0 Å². The molecule has 1 fully saturated rings. The SMILES string of the molecule is CC(C)[C@H]1CN(Cc2c[nH]c(=O)[nH]c2=O)CCC(=O)N1Cc1ccc(F)cc1. The second-order valence-corrected chi connectivity index (χ2v) is 7.54. The topological polar surface area (TPSA) is 89.3 Å². The van der Waals surface area contributed by atoms with E-state index in [9.17, 15) is 18.8 Å². The molecule has 2 aromatic rings. The van der Waals surface area contributed by atoms with Crippen LogP contribution in [0.4, 0.5) is 4.39 Å². The number of halogens is 1. The van der Waals surface area contributed by atoms with E-state index in [4.69, 9.17) is 0 Å². The molecule has 2 heterocycles. The zero-order valence-electron chi connectivity index (χ0n) is 16.1. The lowest BCUT2D eigenvalue weighted by Gasteiger charge is -2.34. The van der Waals surface area contributed by atoms with E-state index in [1.165, 1.54) is 18.3 Å². The Morgan fingerprint density at radius 3 is 2.50 bits per heavy atom. The van der Waals surface area contributed by atoms with Gasteiger partial charge in [0.25, 0.3) is 5.56 Å². The first-order chi connectivity index (χ1) is 13.3. The van der Waals surface area contributed by atoms with E-state index in [1.807, 2.05) is 4.90 Å². The van der Waals surface area contributed by atoms with Crippen LogP contribution in [0.25, 0.3) is 0 Å². The molecule has 0 radical (unpaired) electrons. The van der Waals surface area contributed by atoms with Gasteiger partial charge in [-0.05, 0) is 23.6 Å². The fraction of sp³-hybridized carbons (Fsp3) is 0.450. The van der Waals surface area contributed by atoms with Gasteiger partial charge in [0.15, 0.2) is 0 Å². The maximum atomic E-state index is 13.2. The van der Waals surface area contributed by atoms with Crippen molar-refractivity contribution >= 4 is 5.91 Å². The summed E-state index contributed by atoms with van der Waals surface area (Å²) in [5.41, 5.74) is 0.390. The monoisotopic (exact) mass is 388 g/mol. The van der Waals surface area contributed by atoms with Crippen molar-refractivity contribution in [3.63, 3.8) is 0 Å². The van der Waals surface area contributed by atoms with Gasteiger partial charge in [0.2, 0.25) is 5.91 Å². The fourth-order valence-corrected chi connectivity index (χ4v) is 3.54. The second kappa shape index (κ2) is 8.52. The number of aromatic amines is 2. The van der Waals surface area contributed by atoms with Crippen LogP contribution in [0, 0.1) is 11.7 Å². The van der Waals surface area contributed by atoms with Crippen LogP contribution in [0.2, 0.25) is 0 Å². The van der Waals surface area contributed by atoms with Gasteiger partial charge < -0.3 is 9.88 Å². The third kappa shape index (κ3) is 4.75. The summed E-state index contributed by atoms with van der Waals surface area (Å²) in [5.74, 6) is -0.0524. The quantitative estimate of drug-likeness (QED) is 0.812. The van der Waals surface area contributed by atoms with Crippen LogP contribution < -0.4 is 11.2 Å². The smallest absolute Gasteiger partial charge is 0.325 e. The van der Waals surface area contributed by atoms with Gasteiger partial charge in [-0.1, -0.05) is 26.0 Å². The molecule has 1 aromatic carbocycles. The Balaban J connectivity index is 1.80. The normalized spacial score (nSPS) is 18.5. The molecule has 0 aliphatic carbocycles. The van der Waals surface area contributed by atoms with Crippen molar-refractivity contribution in [2.24, 2.45) is 5.92 Å². The molecule has 1 aliphatic rings. The summed E-state index contributed by atoms with van der Waals surface area (Å²) in [7, 11) is 0. The molecule has 0 saturated carbocycles. The van der Waals surface area contributed by atoms with E-state index in [2.05, 4.69) is 28.7 Å². The number of benzene rings is 1. The largest absolute Gasteiger partial charge is 0.334 e. The first-order valence-corrected chi connectivity index (χ1v) is 9.40. The third-order valence-corrected chi connectivity index (χ3v) is 5.13. The molecule has 7 nitrogen and oxygen atoms in total. The number of rotatable bonds is 5. The summed E-state index contributed by atoms with van der Waals surface area (Å²) in [6.45, 7) is 6.05. The molecule has 28 heavy (non-hydrogen) atoms. The first kappa shape index (κ1) is 20.0. The van der Waals surface area contributed by atoms with Crippen LogP contribution >= 0.6 is 0 Å². The van der Waals surface area contributed by atoms with Crippen molar-refractivity contribution in [2.45, 2.75) is 39.4 Å². The highest BCUT2D eigenvalue weighted by Gasteiger charge is 2.31. The van der Waals surface area contributed by atoms with Crippen LogP contribution in [-0.2, 0) is 17.9 Å². The highest BCUT2D eigenvalue weighted by Crippen LogP contribution is 2.21. The molecule has 1 aliphatic heterocycles. The van der Waals surface area contributed by atoms with Crippen LogP contribution in [0.1, 0.15) is 31.4 Å². The van der Waals surface area contributed by atoms with Gasteiger partial charge in [0.1, 0.15) is 5.82 Å². The lowest BCUT2D eigenvalue weighted by atomic mass is 10.0. The maximum Gasteiger partial charge on any atom is 0.325 e. The van der Waals surface area contributed by atoms with Crippen molar-refractivity contribution in [3.05, 3.63) is 68.2 Å². The van der Waals surface area contributed by atoms with Gasteiger partial charge >= 0.3 is 5.69 Å². The lowest BCUT2D eigenvalue weighted by Crippen LogP contribution is -2.46. The minimum absolute atomic E-state index is 0.0399. The Bertz CT molecular complexity index is 935. The maximum absolute atomic E-state index is 13.2. The van der Waals surface area contributed by atoms with Gasteiger partial charge in [-0.15, -0.1) is 0 Å². The number of nitrogens with one attached hydrogen (secondary N) is 2. The minimum atomic E-state index is -0.537. The first-order valence-electron chi connectivity index (χ1n) is 9.40. The average Bonchev–Trinajstić information content (AvgIpc) is 2.79. The van der Waals surface area contributed by atoms with Gasteiger partial charge in [-0.3, -0.25) is 19.5 Å². The molecule has 8 heteroatoms. The Morgan fingerprint density at radius 1 is 1.14 bits per heavy atom. The molecule has 150 valence electrons. The van der Waals surface area contributed by atoms with Gasteiger partial charge in [-0.25, -0.2) is 9.18 Å². The third-order valence-electron chi connectivity index (χ3n) is 5.13. The highest BCUT2D eigenvalue weighted by atomic mass is 19.1. The number of carbonyl (C=O) groups is 1. The standard InChI is InChI=1S/C20H25FN4O3/c1-13(2)17-12-24(11-15-9-22-20(28)23-19(15)27)8-7-18(26)25(17)10-14-3-5-16(21)6-4-14/h3-6,9,13,17H,7-8,10-12H2,1-2H3,(H2,22,23,27,28)/t17-/m1/s1. The molecule has 3 rings (SSSR count). The molecule has 1 aromatic heterocycles. The zero-order chi connectivity index (χ0) is 20.3. The van der Waals surface area contributed by atoms with Crippen LogP contribution in [0.15, 0.2) is 40.1 Å². The number of H-pyrrole nitrogens is 2. The number of nitrogens with zero attached hydrogens (tertiary/aromatic N) is 2. The summed E-state index contributed by atoms with van der Waals surface area (Å²) < 4.78 is 13.2. The van der Waals surface area contributed by atoms with E-state index >= 15 is 0 Å². The van der Waals surface area contributed by atoms with E-state index in [-0.39, 0.29) is 23.7 Å². The van der Waals surface area contributed by atoms with Crippen molar-refractivity contribution in [2.75, 3.05) is 13.1 Å². The van der Waals surface area contributed by atoms with Gasteiger partial charge in [0, 0.05) is 50.4 Å². The number of aromatic nitrogens is 2. The van der Waals surface area contributed by atoms with Crippen LogP contribution in [-0.4, -0.2) is 44.8 Å². The molecule has 2 N–H and O–H groups in total. The summed E-state index contributed by atoms with van der Waals surface area (Å²) >= 11 is 0. The Hall–Kier alpha value is -2.74. The van der Waals surface area contributed by atoms with E-state index < -0.39 is 11.2 Å². The summed E-state index contributed by atoms with van der Waals surface area (Å²) in [4.78, 5) is 44.7. The number of hydrogen-bond acceptors (Lipinski definition) is 4. The predicted octanol–water partition coefficient (Wildman–Crippen LogP) is 1.46. The molecular formula is C20H25FN4O3. The summed E-state index contributed by atoms with van der Waals surface area (Å²) in [6, 6.07) is 6.15. The molecule has 0 bridgehead atoms. The average molecular weight is 388 g/mol. The molecule has 0 unspecified atom stereocenters. The molecule has 1 atom stereocenters. The predicted molar refractivity (Wildman–Crippen MR) is 103 cm³/mol. The molecular weight excluding hydrogens is 363 g/mol. The van der Waals surface area contributed by atoms with Crippen molar-refractivity contribution in [1.82, 2.24) is 19.8 Å². The molecule has 0 spiro atoms. The van der Waals surface area contributed by atoms with Crippen molar-refractivity contribution < 1.29 is 9.18 Å². The van der Waals surface area contributed by atoms with E-state index in [1.54, 1.807) is 12.1 Å². The number of hydrogen-bond donors (Lipinski definition) is 2. The number of carbonyl (C=O) groups excluding carboxylic acids is 1. The van der Waals surface area contributed by atoms with E-state index in [0.29, 0.717) is 38.2 Å². The van der Waals surface area contributed by atoms with E-state index in [0.717, 1.165) is 5.56 Å². The highest BCUT2D eigenvalue weighted by molar-refractivity contribution is 5.77. The van der Waals surface area contributed by atoms with Crippen molar-refractivity contribution in [3.8, 4) is 0 Å². The summed E-state index contributed by atoms with van der Waals surface area (Å²) in [6.07, 6.45) is 1.76. The minimum Gasteiger partial charge on any atom is -0.334 e. The van der Waals surface area contributed by atoms with Gasteiger partial charge in [0.05, 0.1) is 0 Å². The Kier molecular flexibility index (Phi) is 6.08. The van der Waals surface area contributed by atoms with Gasteiger partial charge in [-0.2, -0.15) is 0 Å². The molecule has 1 amide bonds. The Morgan fingerprint density at radius 2 is 1.86 bits per heavy atom. The number of amides is 1. The molecule has 1 saturated heterocycles. The second-order valence-electron chi connectivity index (χ2n) is 7.54.